The van der Waals surface area contributed by atoms with E-state index < -0.39 is 0 Å². The maximum absolute atomic E-state index is 9.27. The van der Waals surface area contributed by atoms with Crippen LogP contribution in [0.2, 0.25) is 5.02 Å². The molecule has 1 rings (SSSR count). The zero-order chi connectivity index (χ0) is 12.8. The maximum atomic E-state index is 9.27. The van der Waals surface area contributed by atoms with Crippen molar-refractivity contribution in [2.24, 2.45) is 0 Å². The summed E-state index contributed by atoms with van der Waals surface area (Å²) < 4.78 is 10.8. The summed E-state index contributed by atoms with van der Waals surface area (Å²) in [6.45, 7) is 6.13. The first-order valence-corrected chi connectivity index (χ1v) is 5.76. The predicted octanol–water partition coefficient (Wildman–Crippen LogP) is 3.19. The molecule has 0 aliphatic rings. The van der Waals surface area contributed by atoms with E-state index in [1.54, 1.807) is 12.1 Å². The molecule has 1 aromatic rings. The van der Waals surface area contributed by atoms with Crippen molar-refractivity contribution in [1.29, 1.82) is 0 Å². The van der Waals surface area contributed by atoms with Crippen LogP contribution in [0.3, 0.4) is 0 Å². The van der Waals surface area contributed by atoms with Crippen LogP contribution in [0, 0.1) is 0 Å². The van der Waals surface area contributed by atoms with E-state index in [-0.39, 0.29) is 6.61 Å². The van der Waals surface area contributed by atoms with Crippen LogP contribution >= 0.6 is 11.6 Å². The number of rotatable bonds is 6. The fourth-order valence-corrected chi connectivity index (χ4v) is 1.56. The lowest BCUT2D eigenvalue weighted by molar-refractivity contribution is 0.262. The molecule has 0 radical (unpaired) electrons. The van der Waals surface area contributed by atoms with E-state index in [4.69, 9.17) is 21.1 Å². The Morgan fingerprint density at radius 2 is 2.18 bits per heavy atom. The number of ether oxygens (including phenoxy) is 2. The van der Waals surface area contributed by atoms with Gasteiger partial charge < -0.3 is 14.6 Å². The van der Waals surface area contributed by atoms with Crippen LogP contribution < -0.4 is 9.47 Å². The first-order chi connectivity index (χ1) is 8.12. The molecule has 0 aliphatic carbocycles. The number of hydrogen-bond donors (Lipinski definition) is 1. The quantitative estimate of drug-likeness (QED) is 0.795. The van der Waals surface area contributed by atoms with Gasteiger partial charge in [0.1, 0.15) is 6.61 Å². The SMILES string of the molecule is C=C(CC)COc1c(CO)cc(Cl)cc1OC. The molecule has 0 aromatic heterocycles. The molecule has 0 heterocycles. The van der Waals surface area contributed by atoms with Crippen molar-refractivity contribution >= 4 is 11.6 Å². The van der Waals surface area contributed by atoms with Gasteiger partial charge in [0, 0.05) is 16.7 Å². The molecule has 0 fully saturated rings. The molecule has 0 atom stereocenters. The fraction of sp³-hybridized carbons (Fsp3) is 0.385. The van der Waals surface area contributed by atoms with E-state index in [9.17, 15) is 5.11 Å². The highest BCUT2D eigenvalue weighted by Crippen LogP contribution is 2.35. The molecule has 0 amide bonds. The molecule has 0 unspecified atom stereocenters. The van der Waals surface area contributed by atoms with E-state index in [0.29, 0.717) is 28.7 Å². The maximum Gasteiger partial charge on any atom is 0.167 e. The second kappa shape index (κ2) is 6.52. The number of halogens is 1. The lowest BCUT2D eigenvalue weighted by Crippen LogP contribution is -2.04. The van der Waals surface area contributed by atoms with E-state index in [1.165, 1.54) is 7.11 Å². The summed E-state index contributed by atoms with van der Waals surface area (Å²) in [6, 6.07) is 3.32. The van der Waals surface area contributed by atoms with Crippen molar-refractivity contribution in [1.82, 2.24) is 0 Å². The molecule has 17 heavy (non-hydrogen) atoms. The van der Waals surface area contributed by atoms with Gasteiger partial charge in [-0.15, -0.1) is 0 Å². The molecule has 3 nitrogen and oxygen atoms in total. The smallest absolute Gasteiger partial charge is 0.167 e. The average molecular weight is 257 g/mol. The van der Waals surface area contributed by atoms with E-state index in [0.717, 1.165) is 12.0 Å². The summed E-state index contributed by atoms with van der Waals surface area (Å²) in [4.78, 5) is 0. The fourth-order valence-electron chi connectivity index (χ4n) is 1.33. The van der Waals surface area contributed by atoms with Gasteiger partial charge in [0.25, 0.3) is 0 Å². The molecule has 1 aromatic carbocycles. The summed E-state index contributed by atoms with van der Waals surface area (Å²) in [5.74, 6) is 1.04. The van der Waals surface area contributed by atoms with Crippen LogP contribution in [0.25, 0.3) is 0 Å². The Labute approximate surface area is 107 Å². The van der Waals surface area contributed by atoms with Gasteiger partial charge in [-0.05, 0) is 18.1 Å². The Bertz CT molecular complexity index is 377. The summed E-state index contributed by atoms with van der Waals surface area (Å²) in [7, 11) is 1.54. The summed E-state index contributed by atoms with van der Waals surface area (Å²) in [6.07, 6.45) is 0.852. The molecule has 0 saturated heterocycles. The molecule has 4 heteroatoms. The summed E-state index contributed by atoms with van der Waals surface area (Å²) >= 11 is 5.91. The van der Waals surface area contributed by atoms with Crippen LogP contribution in [0.1, 0.15) is 18.9 Å². The van der Waals surface area contributed by atoms with Gasteiger partial charge in [-0.25, -0.2) is 0 Å². The van der Waals surface area contributed by atoms with Gasteiger partial charge in [-0.1, -0.05) is 25.1 Å². The summed E-state index contributed by atoms with van der Waals surface area (Å²) in [5, 5.41) is 9.78. The topological polar surface area (TPSA) is 38.7 Å². The Morgan fingerprint density at radius 1 is 1.47 bits per heavy atom. The Balaban J connectivity index is 2.98. The van der Waals surface area contributed by atoms with E-state index in [1.807, 2.05) is 6.92 Å². The zero-order valence-corrected chi connectivity index (χ0v) is 10.9. The van der Waals surface area contributed by atoms with E-state index in [2.05, 4.69) is 6.58 Å². The number of aliphatic hydroxyl groups excluding tert-OH is 1. The van der Waals surface area contributed by atoms with Crippen LogP contribution in [0.15, 0.2) is 24.3 Å². The normalized spacial score (nSPS) is 10.1. The van der Waals surface area contributed by atoms with Crippen molar-refractivity contribution in [3.05, 3.63) is 34.9 Å². The molecular weight excluding hydrogens is 240 g/mol. The standard InChI is InChI=1S/C13H17ClO3/c1-4-9(2)8-17-13-10(7-15)5-11(14)6-12(13)16-3/h5-6,15H,2,4,7-8H2,1,3H3. The third kappa shape index (κ3) is 3.65. The first-order valence-electron chi connectivity index (χ1n) is 5.39. The predicted molar refractivity (Wildman–Crippen MR) is 68.9 cm³/mol. The van der Waals surface area contributed by atoms with Crippen LogP contribution in [-0.2, 0) is 6.61 Å². The Morgan fingerprint density at radius 3 is 2.71 bits per heavy atom. The van der Waals surface area contributed by atoms with Gasteiger partial charge in [0.05, 0.1) is 13.7 Å². The molecule has 0 bridgehead atoms. The van der Waals surface area contributed by atoms with Crippen LogP contribution in [0.4, 0.5) is 0 Å². The lowest BCUT2D eigenvalue weighted by Gasteiger charge is -2.15. The van der Waals surface area contributed by atoms with Gasteiger partial charge >= 0.3 is 0 Å². The molecule has 0 spiro atoms. The second-order valence-corrected chi connectivity index (χ2v) is 4.08. The molecular formula is C13H17ClO3. The first kappa shape index (κ1) is 13.9. The molecule has 94 valence electrons. The second-order valence-electron chi connectivity index (χ2n) is 3.65. The highest BCUT2D eigenvalue weighted by atomic mass is 35.5. The molecule has 0 saturated carbocycles. The van der Waals surface area contributed by atoms with Crippen molar-refractivity contribution in [3.63, 3.8) is 0 Å². The zero-order valence-electron chi connectivity index (χ0n) is 10.1. The highest BCUT2D eigenvalue weighted by Gasteiger charge is 2.12. The van der Waals surface area contributed by atoms with Crippen molar-refractivity contribution in [3.8, 4) is 11.5 Å². The largest absolute Gasteiger partial charge is 0.493 e. The number of aliphatic hydroxyl groups is 1. The van der Waals surface area contributed by atoms with Crippen molar-refractivity contribution in [2.75, 3.05) is 13.7 Å². The lowest BCUT2D eigenvalue weighted by atomic mass is 10.2. The number of methoxy groups -OCH3 is 1. The van der Waals surface area contributed by atoms with Gasteiger partial charge in [-0.3, -0.25) is 0 Å². The van der Waals surface area contributed by atoms with Crippen LogP contribution in [0.5, 0.6) is 11.5 Å². The van der Waals surface area contributed by atoms with Crippen molar-refractivity contribution in [2.45, 2.75) is 20.0 Å². The minimum Gasteiger partial charge on any atom is -0.493 e. The number of hydrogen-bond acceptors (Lipinski definition) is 3. The number of benzene rings is 1. The molecule has 1 N–H and O–H groups in total. The minimum absolute atomic E-state index is 0.148. The minimum atomic E-state index is -0.148. The van der Waals surface area contributed by atoms with Gasteiger partial charge in [-0.2, -0.15) is 0 Å². The Kier molecular flexibility index (Phi) is 5.32. The monoisotopic (exact) mass is 256 g/mol. The molecule has 0 aliphatic heterocycles. The van der Waals surface area contributed by atoms with Crippen LogP contribution in [-0.4, -0.2) is 18.8 Å². The highest BCUT2D eigenvalue weighted by molar-refractivity contribution is 6.30. The average Bonchev–Trinajstić information content (AvgIpc) is 2.35. The Hall–Kier alpha value is -1.19. The van der Waals surface area contributed by atoms with Gasteiger partial charge in [0.15, 0.2) is 11.5 Å². The third-order valence-corrected chi connectivity index (χ3v) is 2.63. The van der Waals surface area contributed by atoms with Crippen molar-refractivity contribution < 1.29 is 14.6 Å². The van der Waals surface area contributed by atoms with Gasteiger partial charge in [0.2, 0.25) is 0 Å². The third-order valence-electron chi connectivity index (χ3n) is 2.41. The summed E-state index contributed by atoms with van der Waals surface area (Å²) in [5.41, 5.74) is 1.59. The van der Waals surface area contributed by atoms with E-state index >= 15 is 0 Å².